The fraction of sp³-hybridized carbons (Fsp3) is 0.524. The second-order valence-corrected chi connectivity index (χ2v) is 8.19. The van der Waals surface area contributed by atoms with Gasteiger partial charge in [0.25, 0.3) is 5.89 Å². The summed E-state index contributed by atoms with van der Waals surface area (Å²) in [6.07, 6.45) is 4.79. The van der Waals surface area contributed by atoms with Gasteiger partial charge in [-0.3, -0.25) is 9.59 Å². The average molecular weight is 441 g/mol. The molecular weight excluding hydrogens is 414 g/mol. The number of nitrogens with one attached hydrogen (secondary N) is 2. The fourth-order valence-corrected chi connectivity index (χ4v) is 3.64. The minimum absolute atomic E-state index is 0.0621. The lowest BCUT2D eigenvalue weighted by Gasteiger charge is -2.24. The molecule has 1 fully saturated rings. The standard InChI is InChI=1S/C21H27N7O4/c1-4-28-20-14(10-24-28)19(25-13-5-6-31-18(30)8-13)15(9-23-20)21-26-16(27-32-21)11-22-17(29)7-12(2)3/h9-10,12-13H,4-8,11H2,1-3H3,(H,22,29)(H,23,25). The highest BCUT2D eigenvalue weighted by Gasteiger charge is 2.25. The summed E-state index contributed by atoms with van der Waals surface area (Å²) in [5.74, 6) is 0.615. The van der Waals surface area contributed by atoms with Gasteiger partial charge in [0, 0.05) is 31.6 Å². The molecule has 4 rings (SSSR count). The normalized spacial score (nSPS) is 16.4. The molecule has 3 aromatic rings. The molecular formula is C21H27N7O4. The van der Waals surface area contributed by atoms with Crippen LogP contribution in [0.5, 0.6) is 0 Å². The van der Waals surface area contributed by atoms with Crippen LogP contribution in [-0.2, 0) is 27.4 Å². The SMILES string of the molecule is CCn1ncc2c(NC3CCOC(=O)C3)c(-c3nc(CNC(=O)CC(C)C)no3)cnc21. The van der Waals surface area contributed by atoms with Crippen molar-refractivity contribution in [3.8, 4) is 11.5 Å². The van der Waals surface area contributed by atoms with Crippen molar-refractivity contribution < 1.29 is 18.8 Å². The summed E-state index contributed by atoms with van der Waals surface area (Å²) >= 11 is 0. The Balaban J connectivity index is 1.62. The van der Waals surface area contributed by atoms with Gasteiger partial charge >= 0.3 is 5.97 Å². The molecule has 1 aliphatic heterocycles. The number of ether oxygens (including phenoxy) is 1. The van der Waals surface area contributed by atoms with E-state index in [-0.39, 0.29) is 42.7 Å². The van der Waals surface area contributed by atoms with E-state index in [1.165, 1.54) is 0 Å². The molecule has 170 valence electrons. The summed E-state index contributed by atoms with van der Waals surface area (Å²) < 4.78 is 12.3. The van der Waals surface area contributed by atoms with Crippen molar-refractivity contribution in [1.29, 1.82) is 0 Å². The van der Waals surface area contributed by atoms with Crippen molar-refractivity contribution in [3.05, 3.63) is 18.2 Å². The highest BCUT2D eigenvalue weighted by molar-refractivity contribution is 5.96. The Hall–Kier alpha value is -3.50. The van der Waals surface area contributed by atoms with Gasteiger partial charge in [-0.25, -0.2) is 9.67 Å². The van der Waals surface area contributed by atoms with Crippen LogP contribution < -0.4 is 10.6 Å². The van der Waals surface area contributed by atoms with Crippen LogP contribution in [0.15, 0.2) is 16.9 Å². The largest absolute Gasteiger partial charge is 0.466 e. The zero-order valence-electron chi connectivity index (χ0n) is 18.4. The Kier molecular flexibility index (Phi) is 6.33. The molecule has 0 bridgehead atoms. The number of aromatic nitrogens is 5. The zero-order valence-corrected chi connectivity index (χ0v) is 18.4. The van der Waals surface area contributed by atoms with Crippen molar-refractivity contribution >= 4 is 28.6 Å². The van der Waals surface area contributed by atoms with E-state index in [1.54, 1.807) is 17.1 Å². The summed E-state index contributed by atoms with van der Waals surface area (Å²) in [5.41, 5.74) is 2.06. The summed E-state index contributed by atoms with van der Waals surface area (Å²) in [7, 11) is 0. The predicted octanol–water partition coefficient (Wildman–Crippen LogP) is 2.28. The molecule has 0 radical (unpaired) electrons. The summed E-state index contributed by atoms with van der Waals surface area (Å²) in [6, 6.07) is -0.0942. The van der Waals surface area contributed by atoms with Crippen molar-refractivity contribution in [2.75, 3.05) is 11.9 Å². The molecule has 0 aliphatic carbocycles. The first-order valence-corrected chi connectivity index (χ1v) is 10.8. The molecule has 1 amide bonds. The van der Waals surface area contributed by atoms with E-state index >= 15 is 0 Å². The van der Waals surface area contributed by atoms with Gasteiger partial charge in [-0.1, -0.05) is 19.0 Å². The molecule has 32 heavy (non-hydrogen) atoms. The monoisotopic (exact) mass is 441 g/mol. The Bertz CT molecular complexity index is 1120. The minimum Gasteiger partial charge on any atom is -0.466 e. The van der Waals surface area contributed by atoms with Crippen molar-refractivity contribution in [2.24, 2.45) is 5.92 Å². The lowest BCUT2D eigenvalue weighted by molar-refractivity contribution is -0.147. The molecule has 2 N–H and O–H groups in total. The zero-order chi connectivity index (χ0) is 22.7. The van der Waals surface area contributed by atoms with Gasteiger partial charge in [0.15, 0.2) is 11.5 Å². The summed E-state index contributed by atoms with van der Waals surface area (Å²) in [6.45, 7) is 7.17. The van der Waals surface area contributed by atoms with Gasteiger partial charge in [0.05, 0.1) is 42.4 Å². The molecule has 0 saturated carbocycles. The maximum atomic E-state index is 11.9. The van der Waals surface area contributed by atoms with Crippen molar-refractivity contribution in [3.63, 3.8) is 0 Å². The molecule has 11 heteroatoms. The summed E-state index contributed by atoms with van der Waals surface area (Å²) in [4.78, 5) is 32.7. The van der Waals surface area contributed by atoms with E-state index in [0.717, 1.165) is 16.7 Å². The highest BCUT2D eigenvalue weighted by Crippen LogP contribution is 2.34. The molecule has 11 nitrogen and oxygen atoms in total. The molecule has 1 atom stereocenters. The third kappa shape index (κ3) is 4.71. The fourth-order valence-electron chi connectivity index (χ4n) is 3.64. The van der Waals surface area contributed by atoms with Gasteiger partial charge in [0.1, 0.15) is 0 Å². The first kappa shape index (κ1) is 21.7. The van der Waals surface area contributed by atoms with Crippen LogP contribution in [0.3, 0.4) is 0 Å². The molecule has 0 aromatic carbocycles. The number of pyridine rings is 1. The van der Waals surface area contributed by atoms with E-state index < -0.39 is 0 Å². The van der Waals surface area contributed by atoms with Crippen LogP contribution in [0, 0.1) is 5.92 Å². The maximum Gasteiger partial charge on any atom is 0.307 e. The number of carbonyl (C=O) groups excluding carboxylic acids is 2. The second-order valence-electron chi connectivity index (χ2n) is 8.19. The first-order chi connectivity index (χ1) is 15.4. The third-order valence-electron chi connectivity index (χ3n) is 5.19. The van der Waals surface area contributed by atoms with Gasteiger partial charge in [-0.15, -0.1) is 0 Å². The number of esters is 1. The number of anilines is 1. The van der Waals surface area contributed by atoms with E-state index in [0.29, 0.717) is 37.4 Å². The summed E-state index contributed by atoms with van der Waals surface area (Å²) in [5, 5.41) is 15.4. The van der Waals surface area contributed by atoms with E-state index in [4.69, 9.17) is 9.26 Å². The van der Waals surface area contributed by atoms with Crippen LogP contribution in [0.4, 0.5) is 5.69 Å². The number of hydrogen-bond acceptors (Lipinski definition) is 9. The number of carbonyl (C=O) groups is 2. The third-order valence-corrected chi connectivity index (χ3v) is 5.19. The van der Waals surface area contributed by atoms with E-state index in [9.17, 15) is 9.59 Å². The van der Waals surface area contributed by atoms with Gasteiger partial charge in [-0.05, 0) is 12.8 Å². The number of rotatable bonds is 8. The quantitative estimate of drug-likeness (QED) is 0.504. The molecule has 0 spiro atoms. The predicted molar refractivity (Wildman–Crippen MR) is 115 cm³/mol. The first-order valence-electron chi connectivity index (χ1n) is 10.8. The van der Waals surface area contributed by atoms with Crippen LogP contribution in [-0.4, -0.2) is 49.4 Å². The molecule has 3 aromatic heterocycles. The topological polar surface area (TPSA) is 137 Å². The number of cyclic esters (lactones) is 1. The lowest BCUT2D eigenvalue weighted by atomic mass is 10.1. The Morgan fingerprint density at radius 1 is 1.34 bits per heavy atom. The van der Waals surface area contributed by atoms with Crippen LogP contribution in [0.25, 0.3) is 22.5 Å². The molecule has 1 unspecified atom stereocenters. The lowest BCUT2D eigenvalue weighted by Crippen LogP contribution is -2.31. The van der Waals surface area contributed by atoms with Crippen molar-refractivity contribution in [1.82, 2.24) is 30.2 Å². The number of nitrogens with zero attached hydrogens (tertiary/aromatic N) is 5. The number of hydrogen-bond donors (Lipinski definition) is 2. The minimum atomic E-state index is -0.234. The Labute approximate surface area is 184 Å². The average Bonchev–Trinajstić information content (AvgIpc) is 3.39. The van der Waals surface area contributed by atoms with E-state index in [2.05, 4.69) is 30.9 Å². The van der Waals surface area contributed by atoms with Crippen LogP contribution in [0.1, 0.15) is 45.9 Å². The molecule has 4 heterocycles. The van der Waals surface area contributed by atoms with E-state index in [1.807, 2.05) is 20.8 Å². The Morgan fingerprint density at radius 2 is 2.19 bits per heavy atom. The molecule has 1 saturated heterocycles. The van der Waals surface area contributed by atoms with Crippen LogP contribution >= 0.6 is 0 Å². The number of aryl methyl sites for hydroxylation is 1. The maximum absolute atomic E-state index is 11.9. The molecule has 1 aliphatic rings. The smallest absolute Gasteiger partial charge is 0.307 e. The highest BCUT2D eigenvalue weighted by atomic mass is 16.5. The van der Waals surface area contributed by atoms with Gasteiger partial charge in [-0.2, -0.15) is 10.1 Å². The van der Waals surface area contributed by atoms with Crippen LogP contribution in [0.2, 0.25) is 0 Å². The van der Waals surface area contributed by atoms with Gasteiger partial charge in [0.2, 0.25) is 5.91 Å². The van der Waals surface area contributed by atoms with Gasteiger partial charge < -0.3 is 19.9 Å². The number of fused-ring (bicyclic) bond motifs is 1. The number of amides is 1. The van der Waals surface area contributed by atoms with Crippen molar-refractivity contribution in [2.45, 2.75) is 59.2 Å². The second kappa shape index (κ2) is 9.33. The Morgan fingerprint density at radius 3 is 2.94 bits per heavy atom.